The highest BCUT2D eigenvalue weighted by Gasteiger charge is 2.07. The van der Waals surface area contributed by atoms with Gasteiger partial charge in [0, 0.05) is 31.4 Å². The smallest absolute Gasteiger partial charge is 0.319 e. The van der Waals surface area contributed by atoms with Gasteiger partial charge in [0.15, 0.2) is 0 Å². The van der Waals surface area contributed by atoms with E-state index in [1.165, 1.54) is 0 Å². The Morgan fingerprint density at radius 2 is 2.12 bits per heavy atom. The summed E-state index contributed by atoms with van der Waals surface area (Å²) in [7, 11) is 1.56. The zero-order valence-electron chi connectivity index (χ0n) is 13.6. The summed E-state index contributed by atoms with van der Waals surface area (Å²) in [4.78, 5) is 20.7. The number of fused-ring (bicyclic) bond motifs is 1. The van der Waals surface area contributed by atoms with Gasteiger partial charge in [-0.2, -0.15) is 0 Å². The fourth-order valence-corrected chi connectivity index (χ4v) is 2.36. The molecule has 2 N–H and O–H groups in total. The van der Waals surface area contributed by atoms with Crippen LogP contribution in [-0.2, 0) is 6.42 Å². The molecule has 0 unspecified atom stereocenters. The Morgan fingerprint density at radius 1 is 1.25 bits per heavy atom. The first-order valence-electron chi connectivity index (χ1n) is 7.65. The quantitative estimate of drug-likeness (QED) is 0.755. The van der Waals surface area contributed by atoms with Gasteiger partial charge >= 0.3 is 6.03 Å². The molecule has 0 aromatic carbocycles. The van der Waals surface area contributed by atoms with E-state index in [9.17, 15) is 4.79 Å². The molecule has 0 aliphatic rings. The van der Waals surface area contributed by atoms with Crippen molar-refractivity contribution in [3.63, 3.8) is 0 Å². The minimum atomic E-state index is -0.270. The molecular formula is C17H19N5O2. The van der Waals surface area contributed by atoms with Gasteiger partial charge in [0.25, 0.3) is 0 Å². The van der Waals surface area contributed by atoms with Crippen LogP contribution in [0.3, 0.4) is 0 Å². The summed E-state index contributed by atoms with van der Waals surface area (Å²) in [6, 6.07) is 9.05. The maximum Gasteiger partial charge on any atom is 0.319 e. The van der Waals surface area contributed by atoms with Gasteiger partial charge < -0.3 is 19.8 Å². The van der Waals surface area contributed by atoms with Gasteiger partial charge in [-0.1, -0.05) is 6.07 Å². The van der Waals surface area contributed by atoms with Gasteiger partial charge in [-0.05, 0) is 25.1 Å². The molecule has 0 radical (unpaired) electrons. The minimum Gasteiger partial charge on any atom is -0.481 e. The lowest BCUT2D eigenvalue weighted by Crippen LogP contribution is -2.30. The van der Waals surface area contributed by atoms with Crippen molar-refractivity contribution in [1.82, 2.24) is 19.7 Å². The predicted molar refractivity (Wildman–Crippen MR) is 91.4 cm³/mol. The predicted octanol–water partition coefficient (Wildman–Crippen LogP) is 2.41. The van der Waals surface area contributed by atoms with Crippen molar-refractivity contribution in [2.24, 2.45) is 0 Å². The summed E-state index contributed by atoms with van der Waals surface area (Å²) in [5.41, 5.74) is 3.19. The molecule has 0 saturated carbocycles. The van der Waals surface area contributed by atoms with Gasteiger partial charge in [0.1, 0.15) is 5.65 Å². The maximum atomic E-state index is 12.0. The van der Waals surface area contributed by atoms with Crippen LogP contribution >= 0.6 is 0 Å². The number of urea groups is 1. The molecule has 3 rings (SSSR count). The molecule has 0 fully saturated rings. The summed E-state index contributed by atoms with van der Waals surface area (Å²) in [6.07, 6.45) is 4.58. The number of rotatable bonds is 5. The average Bonchev–Trinajstić information content (AvgIpc) is 2.99. The second kappa shape index (κ2) is 6.99. The number of methoxy groups -OCH3 is 1. The second-order valence-corrected chi connectivity index (χ2v) is 5.32. The first-order valence-corrected chi connectivity index (χ1v) is 7.65. The van der Waals surface area contributed by atoms with Crippen LogP contribution < -0.4 is 15.4 Å². The number of nitrogens with zero attached hydrogens (tertiary/aromatic N) is 3. The second-order valence-electron chi connectivity index (χ2n) is 5.32. The van der Waals surface area contributed by atoms with Gasteiger partial charge in [-0.3, -0.25) is 0 Å². The van der Waals surface area contributed by atoms with Crippen molar-refractivity contribution in [3.8, 4) is 5.88 Å². The third kappa shape index (κ3) is 3.62. The first kappa shape index (κ1) is 15.8. The van der Waals surface area contributed by atoms with Crippen LogP contribution in [0.25, 0.3) is 5.65 Å². The van der Waals surface area contributed by atoms with Crippen LogP contribution in [-0.4, -0.2) is 34.1 Å². The maximum absolute atomic E-state index is 12.0. The molecule has 0 aliphatic carbocycles. The Kier molecular flexibility index (Phi) is 4.60. The molecule has 124 valence electrons. The number of anilines is 1. The molecule has 0 atom stereocenters. The van der Waals surface area contributed by atoms with E-state index in [1.54, 1.807) is 19.2 Å². The summed E-state index contributed by atoms with van der Waals surface area (Å²) in [5.74, 6) is 0.519. The van der Waals surface area contributed by atoms with E-state index in [-0.39, 0.29) is 6.03 Å². The monoisotopic (exact) mass is 325 g/mol. The molecule has 3 aromatic heterocycles. The highest BCUT2D eigenvalue weighted by Crippen LogP contribution is 2.16. The third-order valence-corrected chi connectivity index (χ3v) is 3.60. The highest BCUT2D eigenvalue weighted by atomic mass is 16.5. The number of hydrogen-bond acceptors (Lipinski definition) is 4. The lowest BCUT2D eigenvalue weighted by Gasteiger charge is -2.09. The molecule has 0 bridgehead atoms. The number of amides is 2. The van der Waals surface area contributed by atoms with Gasteiger partial charge in [-0.25, -0.2) is 14.8 Å². The topological polar surface area (TPSA) is 80.5 Å². The van der Waals surface area contributed by atoms with Crippen LogP contribution in [0, 0.1) is 6.92 Å². The molecule has 24 heavy (non-hydrogen) atoms. The zero-order chi connectivity index (χ0) is 16.9. The Labute approximate surface area is 139 Å². The number of imidazole rings is 1. The molecule has 0 saturated heterocycles. The van der Waals surface area contributed by atoms with E-state index in [0.717, 1.165) is 11.3 Å². The summed E-state index contributed by atoms with van der Waals surface area (Å²) >= 11 is 0. The zero-order valence-corrected chi connectivity index (χ0v) is 13.6. The minimum absolute atomic E-state index is 0.270. The van der Waals surface area contributed by atoms with E-state index in [2.05, 4.69) is 20.6 Å². The van der Waals surface area contributed by atoms with E-state index in [1.807, 2.05) is 41.9 Å². The summed E-state index contributed by atoms with van der Waals surface area (Å²) in [6.45, 7) is 2.31. The number of aromatic nitrogens is 3. The number of carbonyl (C=O) groups excluding carboxylic acids is 1. The van der Waals surface area contributed by atoms with Crippen LogP contribution in [0.15, 0.2) is 42.7 Å². The number of pyridine rings is 2. The molecule has 2 amide bonds. The van der Waals surface area contributed by atoms with Crippen molar-refractivity contribution in [1.29, 1.82) is 0 Å². The van der Waals surface area contributed by atoms with E-state index >= 15 is 0 Å². The first-order chi connectivity index (χ1) is 11.7. The standard InChI is InChI=1S/C17H19N5O2/c1-12-14(6-7-16(19-12)24-2)21-17(23)18-9-8-13-11-22-10-4-3-5-15(22)20-13/h3-7,10-11H,8-9H2,1-2H3,(H2,18,21,23). The number of hydrogen-bond donors (Lipinski definition) is 2. The number of ether oxygens (including phenoxy) is 1. The lowest BCUT2D eigenvalue weighted by molar-refractivity contribution is 0.252. The molecule has 3 heterocycles. The number of nitrogens with one attached hydrogen (secondary N) is 2. The Hall–Kier alpha value is -3.09. The molecule has 3 aromatic rings. The molecular weight excluding hydrogens is 306 g/mol. The van der Waals surface area contributed by atoms with Crippen molar-refractivity contribution in [2.45, 2.75) is 13.3 Å². The van der Waals surface area contributed by atoms with Gasteiger partial charge in [0.05, 0.1) is 24.2 Å². The summed E-state index contributed by atoms with van der Waals surface area (Å²) < 4.78 is 7.01. The normalized spacial score (nSPS) is 10.6. The largest absolute Gasteiger partial charge is 0.481 e. The van der Waals surface area contributed by atoms with Gasteiger partial charge in [-0.15, -0.1) is 0 Å². The van der Waals surface area contributed by atoms with E-state index in [0.29, 0.717) is 30.2 Å². The van der Waals surface area contributed by atoms with Crippen LogP contribution in [0.4, 0.5) is 10.5 Å². The van der Waals surface area contributed by atoms with Crippen molar-refractivity contribution in [3.05, 3.63) is 54.1 Å². The van der Waals surface area contributed by atoms with Crippen molar-refractivity contribution >= 4 is 17.4 Å². The third-order valence-electron chi connectivity index (χ3n) is 3.60. The fraction of sp³-hybridized carbons (Fsp3) is 0.235. The van der Waals surface area contributed by atoms with Gasteiger partial charge in [0.2, 0.25) is 5.88 Å². The highest BCUT2D eigenvalue weighted by molar-refractivity contribution is 5.89. The number of aryl methyl sites for hydroxylation is 1. The molecule has 0 spiro atoms. The number of carbonyl (C=O) groups is 1. The molecule has 7 nitrogen and oxygen atoms in total. The average molecular weight is 325 g/mol. The SMILES string of the molecule is COc1ccc(NC(=O)NCCc2cn3ccccc3n2)c(C)n1. The van der Waals surface area contributed by atoms with E-state index in [4.69, 9.17) is 4.74 Å². The Balaban J connectivity index is 1.52. The van der Waals surface area contributed by atoms with Crippen LogP contribution in [0.5, 0.6) is 5.88 Å². The van der Waals surface area contributed by atoms with Crippen molar-refractivity contribution in [2.75, 3.05) is 19.0 Å². The van der Waals surface area contributed by atoms with Crippen LogP contribution in [0.2, 0.25) is 0 Å². The van der Waals surface area contributed by atoms with E-state index < -0.39 is 0 Å². The van der Waals surface area contributed by atoms with Crippen LogP contribution in [0.1, 0.15) is 11.4 Å². The molecule has 0 aliphatic heterocycles. The van der Waals surface area contributed by atoms with Crippen molar-refractivity contribution < 1.29 is 9.53 Å². The lowest BCUT2D eigenvalue weighted by atomic mass is 10.3. The Morgan fingerprint density at radius 3 is 2.88 bits per heavy atom. The molecule has 7 heteroatoms. The Bertz CT molecular complexity index is 826. The fourth-order valence-electron chi connectivity index (χ4n) is 2.36. The summed E-state index contributed by atoms with van der Waals surface area (Å²) in [5, 5.41) is 5.60.